The average molecular weight is 356 g/mol. The maximum atomic E-state index is 11.9. The van der Waals surface area contributed by atoms with Crippen LogP contribution in [0.3, 0.4) is 0 Å². The lowest BCUT2D eigenvalue weighted by atomic mass is 10.1. The Bertz CT molecular complexity index is 787. The van der Waals surface area contributed by atoms with Gasteiger partial charge in [0.2, 0.25) is 0 Å². The van der Waals surface area contributed by atoms with Crippen molar-refractivity contribution < 1.29 is 19.1 Å². The molecule has 0 bridgehead atoms. The predicted molar refractivity (Wildman–Crippen MR) is 102 cm³/mol. The number of ether oxygens (including phenoxy) is 2. The van der Waals surface area contributed by atoms with Crippen molar-refractivity contribution in [1.29, 1.82) is 0 Å². The lowest BCUT2D eigenvalue weighted by Gasteiger charge is -2.09. The van der Waals surface area contributed by atoms with Crippen LogP contribution in [0.1, 0.15) is 23.6 Å². The normalized spacial score (nSPS) is 10.6. The van der Waals surface area contributed by atoms with Gasteiger partial charge in [0, 0.05) is 11.3 Å². The van der Waals surface area contributed by atoms with Crippen LogP contribution in [0.4, 0.5) is 5.69 Å². The molecule has 0 unspecified atom stereocenters. The highest BCUT2D eigenvalue weighted by Crippen LogP contribution is 2.27. The fourth-order valence-electron chi connectivity index (χ4n) is 2.25. The molecule has 0 aromatic heterocycles. The molecule has 0 aliphatic heterocycles. The summed E-state index contributed by atoms with van der Waals surface area (Å²) in [4.78, 5) is 17.0. The van der Waals surface area contributed by atoms with Crippen LogP contribution < -0.4 is 14.8 Å². The highest BCUT2D eigenvalue weighted by molar-refractivity contribution is 5.91. The van der Waals surface area contributed by atoms with E-state index < -0.39 is 0 Å². The Morgan fingerprint density at radius 1 is 1.12 bits per heavy atom. The Hall–Kier alpha value is -3.02. The number of oxime groups is 1. The number of hydrogen-bond acceptors (Lipinski definition) is 5. The van der Waals surface area contributed by atoms with Gasteiger partial charge in [0.1, 0.15) is 0 Å². The Morgan fingerprint density at radius 3 is 2.62 bits per heavy atom. The lowest BCUT2D eigenvalue weighted by molar-refractivity contribution is -0.120. The largest absolute Gasteiger partial charge is 0.493 e. The number of amides is 1. The van der Waals surface area contributed by atoms with Gasteiger partial charge in [0.25, 0.3) is 5.91 Å². The smallest absolute Gasteiger partial charge is 0.265 e. The number of carbonyl (C=O) groups excluding carboxylic acids is 1. The summed E-state index contributed by atoms with van der Waals surface area (Å²) >= 11 is 0. The molecule has 0 radical (unpaired) electrons. The van der Waals surface area contributed by atoms with Crippen molar-refractivity contribution in [2.45, 2.75) is 20.8 Å². The number of nitrogens with one attached hydrogen (secondary N) is 1. The summed E-state index contributed by atoms with van der Waals surface area (Å²) in [5.74, 6) is 1.01. The first-order valence-electron chi connectivity index (χ1n) is 8.36. The maximum absolute atomic E-state index is 11.9. The molecule has 0 atom stereocenters. The molecule has 138 valence electrons. The van der Waals surface area contributed by atoms with E-state index in [1.165, 1.54) is 11.8 Å². The van der Waals surface area contributed by atoms with E-state index >= 15 is 0 Å². The second-order valence-corrected chi connectivity index (χ2v) is 5.70. The molecular formula is C20H24N2O4. The van der Waals surface area contributed by atoms with Gasteiger partial charge in [-0.3, -0.25) is 4.79 Å². The second kappa shape index (κ2) is 9.46. The Morgan fingerprint density at radius 2 is 1.92 bits per heavy atom. The number of aryl methyl sites for hydroxylation is 2. The van der Waals surface area contributed by atoms with Crippen molar-refractivity contribution in [2.24, 2.45) is 5.16 Å². The van der Waals surface area contributed by atoms with Gasteiger partial charge in [0.05, 0.1) is 19.9 Å². The van der Waals surface area contributed by atoms with Gasteiger partial charge in [0.15, 0.2) is 18.1 Å². The fourth-order valence-corrected chi connectivity index (χ4v) is 2.25. The van der Waals surface area contributed by atoms with E-state index in [0.29, 0.717) is 18.1 Å². The van der Waals surface area contributed by atoms with Crippen LogP contribution in [0.25, 0.3) is 0 Å². The van der Waals surface area contributed by atoms with Crippen LogP contribution in [0, 0.1) is 13.8 Å². The van der Waals surface area contributed by atoms with Crippen LogP contribution in [-0.4, -0.2) is 32.4 Å². The summed E-state index contributed by atoms with van der Waals surface area (Å²) < 4.78 is 10.7. The van der Waals surface area contributed by atoms with E-state index in [0.717, 1.165) is 16.8 Å². The molecule has 2 aromatic carbocycles. The minimum atomic E-state index is -0.268. The second-order valence-electron chi connectivity index (χ2n) is 5.70. The summed E-state index contributed by atoms with van der Waals surface area (Å²) in [5.41, 5.74) is 3.81. The molecule has 0 heterocycles. The van der Waals surface area contributed by atoms with Gasteiger partial charge in [-0.1, -0.05) is 11.2 Å². The molecule has 2 aromatic rings. The highest BCUT2D eigenvalue weighted by Gasteiger charge is 2.05. The van der Waals surface area contributed by atoms with Gasteiger partial charge in [-0.05, 0) is 62.2 Å². The van der Waals surface area contributed by atoms with Crippen LogP contribution >= 0.6 is 0 Å². The standard InChI is InChI=1S/C20H24N2O4/c1-5-25-19-11-16(7-9-18(19)24-4)12-21-26-13-20(23)22-17-8-6-14(2)15(3)10-17/h6-12H,5,13H2,1-4H3,(H,22,23). The van der Waals surface area contributed by atoms with E-state index in [9.17, 15) is 4.79 Å². The first-order valence-corrected chi connectivity index (χ1v) is 8.36. The Balaban J connectivity index is 1.87. The van der Waals surface area contributed by atoms with Crippen molar-refractivity contribution in [1.82, 2.24) is 0 Å². The quantitative estimate of drug-likeness (QED) is 0.578. The number of carbonyl (C=O) groups is 1. The van der Waals surface area contributed by atoms with E-state index in [2.05, 4.69) is 10.5 Å². The monoisotopic (exact) mass is 356 g/mol. The summed E-state index contributed by atoms with van der Waals surface area (Å²) in [7, 11) is 1.59. The topological polar surface area (TPSA) is 69.2 Å². The third kappa shape index (κ3) is 5.51. The molecule has 1 amide bonds. The van der Waals surface area contributed by atoms with Crippen LogP contribution in [0.15, 0.2) is 41.6 Å². The summed E-state index contributed by atoms with van der Waals surface area (Å²) in [6, 6.07) is 11.1. The number of nitrogens with zero attached hydrogens (tertiary/aromatic N) is 1. The zero-order chi connectivity index (χ0) is 18.9. The summed E-state index contributed by atoms with van der Waals surface area (Å²) in [6.45, 7) is 6.29. The van der Waals surface area contributed by atoms with Crippen molar-refractivity contribution in [3.05, 3.63) is 53.1 Å². The maximum Gasteiger partial charge on any atom is 0.265 e. The molecule has 0 saturated heterocycles. The summed E-state index contributed by atoms with van der Waals surface area (Å²) in [5, 5.41) is 6.60. The van der Waals surface area contributed by atoms with Gasteiger partial charge in [-0.25, -0.2) is 0 Å². The zero-order valence-electron chi connectivity index (χ0n) is 15.5. The molecule has 0 spiro atoms. The van der Waals surface area contributed by atoms with Gasteiger partial charge < -0.3 is 19.6 Å². The number of anilines is 1. The first-order chi connectivity index (χ1) is 12.5. The van der Waals surface area contributed by atoms with E-state index in [1.807, 2.05) is 45.0 Å². The average Bonchev–Trinajstić information content (AvgIpc) is 2.62. The third-order valence-electron chi connectivity index (χ3n) is 3.75. The lowest BCUT2D eigenvalue weighted by Crippen LogP contribution is -2.17. The van der Waals surface area contributed by atoms with E-state index in [4.69, 9.17) is 14.3 Å². The number of hydrogen-bond donors (Lipinski definition) is 1. The molecule has 2 rings (SSSR count). The molecule has 0 saturated carbocycles. The Labute approximate surface area is 153 Å². The highest BCUT2D eigenvalue weighted by atomic mass is 16.6. The van der Waals surface area contributed by atoms with Crippen molar-refractivity contribution >= 4 is 17.8 Å². The van der Waals surface area contributed by atoms with Crippen LogP contribution in [0.2, 0.25) is 0 Å². The molecule has 26 heavy (non-hydrogen) atoms. The minimum Gasteiger partial charge on any atom is -0.493 e. The van der Waals surface area contributed by atoms with Gasteiger partial charge >= 0.3 is 0 Å². The third-order valence-corrected chi connectivity index (χ3v) is 3.75. The molecule has 0 aliphatic carbocycles. The van der Waals surface area contributed by atoms with Crippen LogP contribution in [0.5, 0.6) is 11.5 Å². The van der Waals surface area contributed by atoms with Crippen molar-refractivity contribution in [3.8, 4) is 11.5 Å². The van der Waals surface area contributed by atoms with Crippen molar-refractivity contribution in [3.63, 3.8) is 0 Å². The van der Waals surface area contributed by atoms with Gasteiger partial charge in [-0.2, -0.15) is 0 Å². The van der Waals surface area contributed by atoms with E-state index in [1.54, 1.807) is 19.2 Å². The van der Waals surface area contributed by atoms with E-state index in [-0.39, 0.29) is 12.5 Å². The van der Waals surface area contributed by atoms with Gasteiger partial charge in [-0.15, -0.1) is 0 Å². The first kappa shape index (κ1) is 19.3. The van der Waals surface area contributed by atoms with Crippen LogP contribution in [-0.2, 0) is 9.63 Å². The Kier molecular flexibility index (Phi) is 7.02. The minimum absolute atomic E-state index is 0.169. The number of methoxy groups -OCH3 is 1. The number of rotatable bonds is 8. The molecular weight excluding hydrogens is 332 g/mol. The SMILES string of the molecule is CCOc1cc(C=NOCC(=O)Nc2ccc(C)c(C)c2)ccc1OC. The predicted octanol–water partition coefficient (Wildman–Crippen LogP) is 3.70. The number of benzene rings is 2. The molecule has 1 N–H and O–H groups in total. The molecule has 0 aliphatic rings. The zero-order valence-corrected chi connectivity index (χ0v) is 15.5. The molecule has 6 heteroatoms. The molecule has 0 fully saturated rings. The molecule has 6 nitrogen and oxygen atoms in total. The summed E-state index contributed by atoms with van der Waals surface area (Å²) in [6.07, 6.45) is 1.52. The fraction of sp³-hybridized carbons (Fsp3) is 0.300. The van der Waals surface area contributed by atoms with Crippen molar-refractivity contribution in [2.75, 3.05) is 25.6 Å².